The summed E-state index contributed by atoms with van der Waals surface area (Å²) in [4.78, 5) is 12.5. The Morgan fingerprint density at radius 3 is 2.56 bits per heavy atom. The molecule has 0 aliphatic carbocycles. The molecule has 1 atom stereocenters. The number of benzene rings is 2. The average Bonchev–Trinajstić information content (AvgIpc) is 2.55. The smallest absolute Gasteiger partial charge is 0.265 e. The van der Waals surface area contributed by atoms with Gasteiger partial charge >= 0.3 is 0 Å². The molecule has 2 aromatic carbocycles. The molecule has 0 bridgehead atoms. The minimum absolute atomic E-state index is 0.190. The quantitative estimate of drug-likeness (QED) is 0.777. The van der Waals surface area contributed by atoms with Gasteiger partial charge in [-0.25, -0.2) is 0 Å². The van der Waals surface area contributed by atoms with Crippen molar-refractivity contribution in [2.75, 3.05) is 11.9 Å². The maximum atomic E-state index is 12.5. The first-order valence-electron chi connectivity index (χ1n) is 8.71. The van der Waals surface area contributed by atoms with Crippen molar-refractivity contribution in [3.63, 3.8) is 0 Å². The van der Waals surface area contributed by atoms with Crippen molar-refractivity contribution in [2.24, 2.45) is 0 Å². The number of carbonyl (C=O) groups excluding carboxylic acids is 1. The molecular formula is C21H27NO3. The van der Waals surface area contributed by atoms with E-state index >= 15 is 0 Å². The molecule has 1 N–H and O–H groups in total. The number of amides is 1. The van der Waals surface area contributed by atoms with Gasteiger partial charge in [-0.2, -0.15) is 0 Å². The summed E-state index contributed by atoms with van der Waals surface area (Å²) in [5.41, 5.74) is 2.90. The third-order valence-corrected chi connectivity index (χ3v) is 3.88. The van der Waals surface area contributed by atoms with E-state index in [0.717, 1.165) is 22.6 Å². The summed E-state index contributed by atoms with van der Waals surface area (Å²) in [6.45, 7) is 10.5. The first-order chi connectivity index (χ1) is 11.9. The largest absolute Gasteiger partial charge is 0.494 e. The zero-order chi connectivity index (χ0) is 18.4. The van der Waals surface area contributed by atoms with E-state index in [4.69, 9.17) is 9.47 Å². The zero-order valence-electron chi connectivity index (χ0n) is 15.6. The second kappa shape index (κ2) is 8.56. The Balaban J connectivity index is 2.08. The summed E-state index contributed by atoms with van der Waals surface area (Å²) in [6.07, 6.45) is -0.602. The van der Waals surface area contributed by atoms with E-state index in [1.54, 1.807) is 13.0 Å². The molecule has 0 saturated carbocycles. The van der Waals surface area contributed by atoms with E-state index < -0.39 is 6.10 Å². The normalized spacial score (nSPS) is 11.9. The van der Waals surface area contributed by atoms with Crippen LogP contribution in [0.25, 0.3) is 0 Å². The van der Waals surface area contributed by atoms with Gasteiger partial charge in [0.05, 0.1) is 6.61 Å². The molecule has 0 aromatic heterocycles. The van der Waals surface area contributed by atoms with Crippen molar-refractivity contribution >= 4 is 11.6 Å². The highest BCUT2D eigenvalue weighted by atomic mass is 16.5. The number of carbonyl (C=O) groups is 1. The van der Waals surface area contributed by atoms with Gasteiger partial charge in [0.2, 0.25) is 0 Å². The summed E-state index contributed by atoms with van der Waals surface area (Å²) in [5, 5.41) is 2.88. The molecule has 1 amide bonds. The third kappa shape index (κ3) is 5.24. The molecule has 2 aromatic rings. The number of aryl methyl sites for hydroxylation is 1. The monoisotopic (exact) mass is 341 g/mol. The van der Waals surface area contributed by atoms with Gasteiger partial charge in [-0.05, 0) is 56.0 Å². The fourth-order valence-electron chi connectivity index (χ4n) is 2.54. The van der Waals surface area contributed by atoms with Gasteiger partial charge in [0.25, 0.3) is 5.91 Å². The molecule has 0 fully saturated rings. The Morgan fingerprint density at radius 1 is 1.12 bits per heavy atom. The maximum absolute atomic E-state index is 12.5. The zero-order valence-corrected chi connectivity index (χ0v) is 15.6. The Kier molecular flexibility index (Phi) is 6.45. The molecule has 0 unspecified atom stereocenters. The van der Waals surface area contributed by atoms with Crippen molar-refractivity contribution in [2.45, 2.75) is 46.6 Å². The summed E-state index contributed by atoms with van der Waals surface area (Å²) in [6, 6.07) is 13.5. The molecule has 0 radical (unpaired) electrons. The SMILES string of the molecule is CCOc1cccc(NC(=O)[C@H](C)Oc2cc(C)ccc2C(C)C)c1. The van der Waals surface area contributed by atoms with Crippen LogP contribution in [0.2, 0.25) is 0 Å². The molecule has 0 aliphatic rings. The lowest BCUT2D eigenvalue weighted by Crippen LogP contribution is -2.30. The molecule has 134 valence electrons. The van der Waals surface area contributed by atoms with E-state index in [9.17, 15) is 4.79 Å². The van der Waals surface area contributed by atoms with Crippen LogP contribution in [0.4, 0.5) is 5.69 Å². The van der Waals surface area contributed by atoms with E-state index in [0.29, 0.717) is 18.2 Å². The number of ether oxygens (including phenoxy) is 2. The van der Waals surface area contributed by atoms with E-state index in [-0.39, 0.29) is 5.91 Å². The highest BCUT2D eigenvalue weighted by Crippen LogP contribution is 2.28. The molecule has 2 rings (SSSR count). The maximum Gasteiger partial charge on any atom is 0.265 e. The van der Waals surface area contributed by atoms with Crippen LogP contribution in [0.3, 0.4) is 0 Å². The second-order valence-electron chi connectivity index (χ2n) is 6.41. The molecule has 0 heterocycles. The topological polar surface area (TPSA) is 47.6 Å². The Morgan fingerprint density at radius 2 is 1.88 bits per heavy atom. The Hall–Kier alpha value is -2.49. The lowest BCUT2D eigenvalue weighted by atomic mass is 10.0. The van der Waals surface area contributed by atoms with Crippen LogP contribution in [0.1, 0.15) is 44.7 Å². The van der Waals surface area contributed by atoms with E-state index in [1.807, 2.05) is 38.1 Å². The van der Waals surface area contributed by atoms with Gasteiger partial charge in [-0.15, -0.1) is 0 Å². The van der Waals surface area contributed by atoms with Gasteiger partial charge in [0.15, 0.2) is 6.10 Å². The molecular weight excluding hydrogens is 314 g/mol. The molecule has 4 heteroatoms. The summed E-state index contributed by atoms with van der Waals surface area (Å²) in [5.74, 6) is 1.63. The van der Waals surface area contributed by atoms with Crippen molar-refractivity contribution in [1.82, 2.24) is 0 Å². The van der Waals surface area contributed by atoms with Crippen LogP contribution in [-0.2, 0) is 4.79 Å². The summed E-state index contributed by atoms with van der Waals surface area (Å²) in [7, 11) is 0. The fourth-order valence-corrected chi connectivity index (χ4v) is 2.54. The van der Waals surface area contributed by atoms with Gasteiger partial charge < -0.3 is 14.8 Å². The predicted molar refractivity (Wildman–Crippen MR) is 102 cm³/mol. The van der Waals surface area contributed by atoms with Crippen molar-refractivity contribution in [3.8, 4) is 11.5 Å². The summed E-state index contributed by atoms with van der Waals surface area (Å²) >= 11 is 0. The Bertz CT molecular complexity index is 725. The standard InChI is InChI=1S/C21H27NO3/c1-6-24-18-9-7-8-17(13-18)22-21(23)16(5)25-20-12-15(4)10-11-19(20)14(2)3/h7-14,16H,6H2,1-5H3,(H,22,23)/t16-/m0/s1. The number of hydrogen-bond donors (Lipinski definition) is 1. The van der Waals surface area contributed by atoms with Crippen LogP contribution in [-0.4, -0.2) is 18.6 Å². The number of anilines is 1. The van der Waals surface area contributed by atoms with Crippen molar-refractivity contribution < 1.29 is 14.3 Å². The number of hydrogen-bond acceptors (Lipinski definition) is 3. The van der Waals surface area contributed by atoms with Crippen molar-refractivity contribution in [3.05, 3.63) is 53.6 Å². The highest BCUT2D eigenvalue weighted by molar-refractivity contribution is 5.94. The van der Waals surface area contributed by atoms with Crippen LogP contribution >= 0.6 is 0 Å². The minimum atomic E-state index is -0.602. The van der Waals surface area contributed by atoms with Crippen LogP contribution in [0, 0.1) is 6.92 Å². The van der Waals surface area contributed by atoms with Crippen LogP contribution < -0.4 is 14.8 Å². The molecule has 0 saturated heterocycles. The predicted octanol–water partition coefficient (Wildman–Crippen LogP) is 4.92. The van der Waals surface area contributed by atoms with Gasteiger partial charge in [0.1, 0.15) is 11.5 Å². The first-order valence-corrected chi connectivity index (χ1v) is 8.71. The number of rotatable bonds is 7. The van der Waals surface area contributed by atoms with Gasteiger partial charge in [-0.3, -0.25) is 4.79 Å². The molecule has 25 heavy (non-hydrogen) atoms. The average molecular weight is 341 g/mol. The summed E-state index contributed by atoms with van der Waals surface area (Å²) < 4.78 is 11.4. The third-order valence-electron chi connectivity index (χ3n) is 3.88. The van der Waals surface area contributed by atoms with Crippen molar-refractivity contribution in [1.29, 1.82) is 0 Å². The van der Waals surface area contributed by atoms with Crippen LogP contribution in [0.5, 0.6) is 11.5 Å². The van der Waals surface area contributed by atoms with Crippen LogP contribution in [0.15, 0.2) is 42.5 Å². The fraction of sp³-hybridized carbons (Fsp3) is 0.381. The van der Waals surface area contributed by atoms with E-state index in [2.05, 4.69) is 31.3 Å². The molecule has 0 aliphatic heterocycles. The second-order valence-corrected chi connectivity index (χ2v) is 6.41. The lowest BCUT2D eigenvalue weighted by molar-refractivity contribution is -0.122. The minimum Gasteiger partial charge on any atom is -0.494 e. The van der Waals surface area contributed by atoms with E-state index in [1.165, 1.54) is 0 Å². The molecule has 4 nitrogen and oxygen atoms in total. The highest BCUT2D eigenvalue weighted by Gasteiger charge is 2.18. The molecule has 0 spiro atoms. The van der Waals surface area contributed by atoms with Gasteiger partial charge in [-0.1, -0.05) is 32.0 Å². The Labute approximate surface area is 150 Å². The first kappa shape index (κ1) is 18.8. The lowest BCUT2D eigenvalue weighted by Gasteiger charge is -2.19. The van der Waals surface area contributed by atoms with Gasteiger partial charge in [0, 0.05) is 11.8 Å². The number of nitrogens with one attached hydrogen (secondary N) is 1.